The topological polar surface area (TPSA) is 221 Å². The van der Waals surface area contributed by atoms with Crippen molar-refractivity contribution in [3.8, 4) is 0 Å². The molecule has 17 nitrogen and oxygen atoms in total. The summed E-state index contributed by atoms with van der Waals surface area (Å²) in [6.45, 7) is 15.2. The molecule has 0 radical (unpaired) electrons. The highest BCUT2D eigenvalue weighted by Crippen LogP contribution is 2.63. The summed E-state index contributed by atoms with van der Waals surface area (Å²) >= 11 is 0. The fourth-order valence-corrected chi connectivity index (χ4v) is 5.66. The Bertz CT molecular complexity index is 1320. The van der Waals surface area contributed by atoms with Gasteiger partial charge in [-0.25, -0.2) is 14.4 Å². The van der Waals surface area contributed by atoms with E-state index in [0.29, 0.717) is 6.42 Å². The third-order valence-electron chi connectivity index (χ3n) is 9.44. The minimum absolute atomic E-state index is 0.135. The molecule has 0 aromatic heterocycles. The Morgan fingerprint density at radius 3 is 1.94 bits per heavy atom. The van der Waals surface area contributed by atoms with Crippen LogP contribution in [0.1, 0.15) is 74.1 Å². The van der Waals surface area contributed by atoms with Crippen LogP contribution in [0.4, 0.5) is 14.4 Å². The molecule has 1 aliphatic rings. The Balaban J connectivity index is 3.27. The lowest BCUT2D eigenvalue weighted by atomic mass is 9.88. The van der Waals surface area contributed by atoms with E-state index in [1.165, 1.54) is 56.0 Å². The number of aliphatic hydroxyl groups is 2. The van der Waals surface area contributed by atoms with Crippen molar-refractivity contribution >= 4 is 41.7 Å². The summed E-state index contributed by atoms with van der Waals surface area (Å²) in [6.07, 6.45) is -0.891. The Labute approximate surface area is 288 Å². The molecule has 49 heavy (non-hydrogen) atoms. The quantitative estimate of drug-likeness (QED) is 0.110. The summed E-state index contributed by atoms with van der Waals surface area (Å²) in [5, 5.41) is 30.2. The van der Waals surface area contributed by atoms with Gasteiger partial charge in [-0.05, 0) is 39.5 Å². The van der Waals surface area contributed by atoms with Crippen LogP contribution in [-0.2, 0) is 19.2 Å². The van der Waals surface area contributed by atoms with Crippen molar-refractivity contribution in [2.75, 3.05) is 35.2 Å². The zero-order chi connectivity index (χ0) is 38.4. The van der Waals surface area contributed by atoms with Crippen LogP contribution in [0.5, 0.6) is 0 Å². The maximum absolute atomic E-state index is 13.7. The van der Waals surface area contributed by atoms with E-state index in [2.05, 4.69) is 27.8 Å². The molecular weight excluding hydrogens is 640 g/mol. The Morgan fingerprint density at radius 2 is 1.49 bits per heavy atom. The van der Waals surface area contributed by atoms with E-state index < -0.39 is 70.7 Å². The average Bonchev–Trinajstić information content (AvgIpc) is 3.68. The van der Waals surface area contributed by atoms with Crippen LogP contribution in [0.15, 0.2) is 12.3 Å². The number of imide groups is 2. The fraction of sp³-hybridized carbons (Fsp3) is 0.719. The normalized spacial score (nSPS) is 20.1. The highest BCUT2D eigenvalue weighted by molar-refractivity contribution is 6.06. The largest absolute Gasteiger partial charge is 0.390 e. The van der Waals surface area contributed by atoms with Gasteiger partial charge in [0.1, 0.15) is 17.3 Å². The lowest BCUT2D eigenvalue weighted by Gasteiger charge is -2.35. The number of carbonyl (C=O) groups is 7. The van der Waals surface area contributed by atoms with E-state index in [1.54, 1.807) is 13.8 Å². The molecule has 0 aromatic carbocycles. The maximum Gasteiger partial charge on any atom is 0.324 e. The molecule has 1 aliphatic carbocycles. The fourth-order valence-electron chi connectivity index (χ4n) is 5.66. The van der Waals surface area contributed by atoms with Crippen molar-refractivity contribution in [3.63, 3.8) is 0 Å². The molecule has 5 atom stereocenters. The minimum Gasteiger partial charge on any atom is -0.390 e. The zero-order valence-corrected chi connectivity index (χ0v) is 30.9. The van der Waals surface area contributed by atoms with Crippen LogP contribution < -0.4 is 21.3 Å². The highest BCUT2D eigenvalue weighted by atomic mass is 16.3. The van der Waals surface area contributed by atoms with Crippen molar-refractivity contribution in [2.24, 2.45) is 11.3 Å². The van der Waals surface area contributed by atoms with E-state index in [0.717, 1.165) is 19.6 Å². The van der Waals surface area contributed by atoms with E-state index >= 15 is 0 Å². The van der Waals surface area contributed by atoms with Gasteiger partial charge in [-0.2, -0.15) is 0 Å². The summed E-state index contributed by atoms with van der Waals surface area (Å²) in [6, 6.07) is -5.00. The first-order chi connectivity index (χ1) is 22.3. The molecule has 0 heterocycles. The molecule has 10 amide bonds. The van der Waals surface area contributed by atoms with E-state index in [-0.39, 0.29) is 36.8 Å². The number of likely N-dealkylation sites (N-methyl/N-ethyl adjacent to an activating group) is 4. The van der Waals surface area contributed by atoms with E-state index in [1.807, 2.05) is 13.8 Å². The highest BCUT2D eigenvalue weighted by Gasteiger charge is 2.74. The first-order valence-corrected chi connectivity index (χ1v) is 16.1. The maximum atomic E-state index is 13.7. The van der Waals surface area contributed by atoms with Crippen LogP contribution in [-0.4, -0.2) is 136 Å². The summed E-state index contributed by atoms with van der Waals surface area (Å²) < 4.78 is 0. The van der Waals surface area contributed by atoms with Gasteiger partial charge in [0.05, 0.1) is 11.6 Å². The third-order valence-corrected chi connectivity index (χ3v) is 9.44. The van der Waals surface area contributed by atoms with Gasteiger partial charge in [0.25, 0.3) is 17.7 Å². The van der Waals surface area contributed by atoms with Gasteiger partial charge in [-0.15, -0.1) is 0 Å². The molecule has 1 saturated carbocycles. The molecule has 0 bridgehead atoms. The molecule has 0 saturated heterocycles. The second-order valence-corrected chi connectivity index (χ2v) is 13.9. The second-order valence-electron chi connectivity index (χ2n) is 13.9. The van der Waals surface area contributed by atoms with E-state index in [9.17, 15) is 43.8 Å². The number of nitrogens with zero attached hydrogens (tertiary/aromatic N) is 4. The number of rotatable bonds is 14. The van der Waals surface area contributed by atoms with Crippen molar-refractivity contribution in [2.45, 2.75) is 104 Å². The Morgan fingerprint density at radius 1 is 0.939 bits per heavy atom. The number of carbonyl (C=O) groups excluding carboxylic acids is 7. The van der Waals surface area contributed by atoms with Gasteiger partial charge in [0.15, 0.2) is 6.23 Å². The van der Waals surface area contributed by atoms with Crippen LogP contribution in [0.3, 0.4) is 0 Å². The standard InChI is InChI=1S/C32H56N8O9/c1-14-15-22(41)37(10)20(5)25(44)38(11)21(16-30(6,7)49)23(42)35-29(48)40(13)32(17-31(32,8)18(2)3)26(45)36-27(46)34-19(4)24(43)39(12)28(47)33-9/h18-19,21,24,43,49H,5,14-17H2,1-4,6-13H3,(H,33,47)(H,35,42,48)(H2,34,36,45,46)/t19-,21-,24?,31?,32-/m0/s1. The first-order valence-electron chi connectivity index (χ1n) is 16.1. The molecule has 0 aliphatic heterocycles. The predicted molar refractivity (Wildman–Crippen MR) is 180 cm³/mol. The number of nitrogens with one attached hydrogen (secondary N) is 4. The van der Waals surface area contributed by atoms with Gasteiger partial charge < -0.3 is 40.4 Å². The SMILES string of the molecule is C=C(C(=O)N(C)[C@@H](CC(C)(C)O)C(=O)NC(=O)N(C)[C@]1(C(=O)NC(=O)N[C@@H](C)C(O)N(C)C(=O)NC)CC1(C)C(C)C)N(C)C(=O)CCC. The Hall–Kier alpha value is -4.25. The molecule has 0 spiro atoms. The molecular formula is C32H56N8O9. The lowest BCUT2D eigenvalue weighted by molar-refractivity contribution is -0.140. The summed E-state index contributed by atoms with van der Waals surface area (Å²) in [5.41, 5.74) is -4.10. The monoisotopic (exact) mass is 696 g/mol. The third kappa shape index (κ3) is 9.68. The van der Waals surface area contributed by atoms with Crippen LogP contribution in [0.25, 0.3) is 0 Å². The number of hydrogen-bond donors (Lipinski definition) is 6. The predicted octanol–water partition coefficient (Wildman–Crippen LogP) is 0.523. The molecule has 17 heteroatoms. The van der Waals surface area contributed by atoms with Gasteiger partial charge in [-0.3, -0.25) is 29.8 Å². The average molecular weight is 697 g/mol. The number of amides is 10. The molecule has 1 rings (SSSR count). The van der Waals surface area contributed by atoms with E-state index in [4.69, 9.17) is 0 Å². The summed E-state index contributed by atoms with van der Waals surface area (Å²) in [4.78, 5) is 95.5. The van der Waals surface area contributed by atoms with Crippen molar-refractivity contribution < 1.29 is 43.8 Å². The molecule has 6 N–H and O–H groups in total. The number of aliphatic hydroxyl groups excluding tert-OH is 1. The molecule has 278 valence electrons. The summed E-state index contributed by atoms with van der Waals surface area (Å²) in [7, 11) is 6.65. The smallest absolute Gasteiger partial charge is 0.324 e. The van der Waals surface area contributed by atoms with Gasteiger partial charge in [0, 0.05) is 53.5 Å². The number of hydrogen-bond acceptors (Lipinski definition) is 9. The van der Waals surface area contributed by atoms with Gasteiger partial charge >= 0.3 is 18.1 Å². The zero-order valence-electron chi connectivity index (χ0n) is 30.9. The van der Waals surface area contributed by atoms with Crippen LogP contribution in [0, 0.1) is 11.3 Å². The minimum atomic E-state index is -1.59. The second kappa shape index (κ2) is 16.4. The molecule has 2 unspecified atom stereocenters. The Kier molecular flexibility index (Phi) is 14.3. The summed E-state index contributed by atoms with van der Waals surface area (Å²) in [5.74, 6) is -3.11. The lowest BCUT2D eigenvalue weighted by Crippen LogP contribution is -2.61. The van der Waals surface area contributed by atoms with Crippen LogP contribution >= 0.6 is 0 Å². The first kappa shape index (κ1) is 42.8. The van der Waals surface area contributed by atoms with Crippen molar-refractivity contribution in [1.82, 2.24) is 40.9 Å². The molecule has 0 aromatic rings. The van der Waals surface area contributed by atoms with Gasteiger partial charge in [0.2, 0.25) is 5.91 Å². The van der Waals surface area contributed by atoms with Gasteiger partial charge in [-0.1, -0.05) is 34.3 Å². The number of urea groups is 3. The van der Waals surface area contributed by atoms with Crippen molar-refractivity contribution in [1.29, 1.82) is 0 Å². The van der Waals surface area contributed by atoms with Crippen molar-refractivity contribution in [3.05, 3.63) is 12.3 Å². The van der Waals surface area contributed by atoms with Crippen LogP contribution in [0.2, 0.25) is 0 Å². The molecule has 1 fully saturated rings.